The fourth-order valence-electron chi connectivity index (χ4n) is 2.76. The number of nitrogens with one attached hydrogen (secondary N) is 1. The first-order valence-electron chi connectivity index (χ1n) is 8.84. The second-order valence-electron chi connectivity index (χ2n) is 6.14. The maximum absolute atomic E-state index is 11.8. The van der Waals surface area contributed by atoms with Crippen LogP contribution < -0.4 is 15.1 Å². The predicted molar refractivity (Wildman–Crippen MR) is 109 cm³/mol. The summed E-state index contributed by atoms with van der Waals surface area (Å²) in [6, 6.07) is 11.5. The van der Waals surface area contributed by atoms with Gasteiger partial charge in [0.25, 0.3) is 11.6 Å². The van der Waals surface area contributed by atoms with E-state index in [-0.39, 0.29) is 12.3 Å². The van der Waals surface area contributed by atoms with Gasteiger partial charge in [0.1, 0.15) is 11.4 Å². The molecule has 9 nitrogen and oxygen atoms in total. The minimum atomic E-state index is -0.472. The van der Waals surface area contributed by atoms with Crippen molar-refractivity contribution in [2.24, 2.45) is 5.10 Å². The Balaban J connectivity index is 1.58. The summed E-state index contributed by atoms with van der Waals surface area (Å²) in [4.78, 5) is 24.8. The van der Waals surface area contributed by atoms with E-state index in [9.17, 15) is 14.9 Å². The lowest BCUT2D eigenvalue weighted by molar-refractivity contribution is -0.384. The number of carbonyl (C=O) groups is 1. The fraction of sp³-hybridized carbons (Fsp3) is 0.263. The van der Waals surface area contributed by atoms with Gasteiger partial charge in [-0.3, -0.25) is 14.9 Å². The first kappa shape index (κ1) is 20.6. The molecule has 0 bridgehead atoms. The van der Waals surface area contributed by atoms with E-state index < -0.39 is 10.8 Å². The van der Waals surface area contributed by atoms with Crippen LogP contribution in [-0.4, -0.2) is 50.0 Å². The number of nitro benzene ring substituents is 1. The van der Waals surface area contributed by atoms with Gasteiger partial charge >= 0.3 is 0 Å². The van der Waals surface area contributed by atoms with Gasteiger partial charge in [-0.05, 0) is 24.3 Å². The Hall–Kier alpha value is -3.17. The summed E-state index contributed by atoms with van der Waals surface area (Å²) < 4.78 is 10.6. The molecule has 29 heavy (non-hydrogen) atoms. The molecule has 0 aromatic heterocycles. The smallest absolute Gasteiger partial charge is 0.293 e. The zero-order chi connectivity index (χ0) is 20.6. The highest BCUT2D eigenvalue weighted by molar-refractivity contribution is 6.30. The van der Waals surface area contributed by atoms with Crippen molar-refractivity contribution in [2.45, 2.75) is 0 Å². The third-order valence-corrected chi connectivity index (χ3v) is 4.35. The van der Waals surface area contributed by atoms with Crippen molar-refractivity contribution in [3.63, 3.8) is 0 Å². The third kappa shape index (κ3) is 5.90. The maximum Gasteiger partial charge on any atom is 0.293 e. The largest absolute Gasteiger partial charge is 0.484 e. The first-order valence-corrected chi connectivity index (χ1v) is 9.22. The molecule has 0 atom stereocenters. The number of ether oxygens (including phenoxy) is 2. The average Bonchev–Trinajstić information content (AvgIpc) is 2.73. The molecule has 1 fully saturated rings. The van der Waals surface area contributed by atoms with Crippen LogP contribution in [0.3, 0.4) is 0 Å². The molecule has 1 heterocycles. The van der Waals surface area contributed by atoms with Gasteiger partial charge in [0.15, 0.2) is 6.61 Å². The molecule has 1 N–H and O–H groups in total. The molecular formula is C19H19ClN4O5. The molecule has 10 heteroatoms. The van der Waals surface area contributed by atoms with Crippen LogP contribution in [0.4, 0.5) is 11.4 Å². The number of anilines is 1. The Labute approximate surface area is 172 Å². The number of nitrogens with zero attached hydrogens (tertiary/aromatic N) is 3. The van der Waals surface area contributed by atoms with E-state index in [4.69, 9.17) is 21.1 Å². The van der Waals surface area contributed by atoms with Gasteiger partial charge in [-0.15, -0.1) is 0 Å². The van der Waals surface area contributed by atoms with Crippen LogP contribution in [0.15, 0.2) is 47.6 Å². The van der Waals surface area contributed by atoms with E-state index >= 15 is 0 Å². The van der Waals surface area contributed by atoms with E-state index in [1.807, 2.05) is 4.90 Å². The summed E-state index contributed by atoms with van der Waals surface area (Å²) in [5.41, 5.74) is 3.32. The Kier molecular flexibility index (Phi) is 6.99. The van der Waals surface area contributed by atoms with Crippen LogP contribution in [0.2, 0.25) is 5.02 Å². The van der Waals surface area contributed by atoms with Gasteiger partial charge in [0.2, 0.25) is 0 Å². The number of benzene rings is 2. The predicted octanol–water partition coefficient (Wildman–Crippen LogP) is 2.61. The van der Waals surface area contributed by atoms with Crippen molar-refractivity contribution in [3.8, 4) is 5.75 Å². The van der Waals surface area contributed by atoms with Crippen molar-refractivity contribution >= 4 is 35.1 Å². The Morgan fingerprint density at radius 2 is 2.10 bits per heavy atom. The van der Waals surface area contributed by atoms with E-state index in [0.717, 1.165) is 0 Å². The Morgan fingerprint density at radius 1 is 1.31 bits per heavy atom. The number of hydrogen-bond acceptors (Lipinski definition) is 7. The second kappa shape index (κ2) is 9.85. The van der Waals surface area contributed by atoms with Crippen molar-refractivity contribution in [2.75, 3.05) is 37.8 Å². The van der Waals surface area contributed by atoms with Crippen LogP contribution in [-0.2, 0) is 9.53 Å². The number of hydrazone groups is 1. The minimum absolute atomic E-state index is 0.0218. The molecule has 2 aromatic carbocycles. The van der Waals surface area contributed by atoms with Gasteiger partial charge < -0.3 is 14.4 Å². The molecule has 1 aliphatic heterocycles. The molecule has 0 unspecified atom stereocenters. The average molecular weight is 419 g/mol. The summed E-state index contributed by atoms with van der Waals surface area (Å²) in [7, 11) is 0. The zero-order valence-electron chi connectivity index (χ0n) is 15.4. The Bertz CT molecular complexity index is 915. The van der Waals surface area contributed by atoms with Crippen LogP contribution in [0, 0.1) is 10.1 Å². The zero-order valence-corrected chi connectivity index (χ0v) is 16.2. The molecule has 1 aliphatic rings. The van der Waals surface area contributed by atoms with Crippen molar-refractivity contribution in [1.82, 2.24) is 5.43 Å². The summed E-state index contributed by atoms with van der Waals surface area (Å²) >= 11 is 5.85. The standard InChI is InChI=1S/C19H19ClN4O5/c20-15-2-1-3-16(11-15)29-13-19(25)22-21-12-14-4-5-17(18(10-14)24(26)27)23-6-8-28-9-7-23/h1-5,10-12H,6-9,13H2,(H,22,25)/b21-12+. The lowest BCUT2D eigenvalue weighted by Gasteiger charge is -2.28. The number of amides is 1. The van der Waals surface area contributed by atoms with Gasteiger partial charge in [-0.2, -0.15) is 5.10 Å². The third-order valence-electron chi connectivity index (χ3n) is 4.12. The highest BCUT2D eigenvalue weighted by Gasteiger charge is 2.21. The van der Waals surface area contributed by atoms with Crippen LogP contribution in [0.5, 0.6) is 5.75 Å². The number of rotatable bonds is 7. The monoisotopic (exact) mass is 418 g/mol. The van der Waals surface area contributed by atoms with Gasteiger partial charge in [-0.1, -0.05) is 23.7 Å². The molecule has 2 aromatic rings. The highest BCUT2D eigenvalue weighted by Crippen LogP contribution is 2.29. The number of hydrogen-bond donors (Lipinski definition) is 1. The lowest BCUT2D eigenvalue weighted by Crippen LogP contribution is -2.36. The first-order chi connectivity index (χ1) is 14.0. The van der Waals surface area contributed by atoms with E-state index in [1.54, 1.807) is 36.4 Å². The topological polar surface area (TPSA) is 106 Å². The number of nitro groups is 1. The van der Waals surface area contributed by atoms with Crippen LogP contribution in [0.1, 0.15) is 5.56 Å². The molecule has 0 saturated carbocycles. The second-order valence-corrected chi connectivity index (χ2v) is 6.58. The van der Waals surface area contributed by atoms with E-state index in [1.165, 1.54) is 12.3 Å². The summed E-state index contributed by atoms with van der Waals surface area (Å²) in [5, 5.41) is 15.8. The number of morpholine rings is 1. The summed E-state index contributed by atoms with van der Waals surface area (Å²) in [5.74, 6) is -0.00776. The molecule has 0 spiro atoms. The fourth-order valence-corrected chi connectivity index (χ4v) is 2.94. The molecule has 3 rings (SSSR count). The number of carbonyl (C=O) groups excluding carboxylic acids is 1. The van der Waals surface area contributed by atoms with E-state index in [0.29, 0.717) is 48.3 Å². The van der Waals surface area contributed by atoms with Crippen LogP contribution in [0.25, 0.3) is 0 Å². The lowest BCUT2D eigenvalue weighted by atomic mass is 10.1. The highest BCUT2D eigenvalue weighted by atomic mass is 35.5. The number of halogens is 1. The summed E-state index contributed by atoms with van der Waals surface area (Å²) in [6.07, 6.45) is 1.34. The van der Waals surface area contributed by atoms with Crippen LogP contribution >= 0.6 is 11.6 Å². The molecule has 152 valence electrons. The van der Waals surface area contributed by atoms with E-state index in [2.05, 4.69) is 10.5 Å². The van der Waals surface area contributed by atoms with Crippen molar-refractivity contribution in [1.29, 1.82) is 0 Å². The normalized spacial score (nSPS) is 14.0. The van der Waals surface area contributed by atoms with Gasteiger partial charge in [0, 0.05) is 29.7 Å². The molecule has 1 saturated heterocycles. The quantitative estimate of drug-likeness (QED) is 0.421. The minimum Gasteiger partial charge on any atom is -0.484 e. The maximum atomic E-state index is 11.8. The van der Waals surface area contributed by atoms with Crippen molar-refractivity contribution in [3.05, 3.63) is 63.2 Å². The summed E-state index contributed by atoms with van der Waals surface area (Å²) in [6.45, 7) is 2.01. The molecule has 1 amide bonds. The van der Waals surface area contributed by atoms with Crippen molar-refractivity contribution < 1.29 is 19.2 Å². The van der Waals surface area contributed by atoms with Gasteiger partial charge in [0.05, 0.1) is 24.4 Å². The van der Waals surface area contributed by atoms with Gasteiger partial charge in [-0.25, -0.2) is 5.43 Å². The Morgan fingerprint density at radius 3 is 2.83 bits per heavy atom. The SMILES string of the molecule is O=C(COc1cccc(Cl)c1)N/N=C/c1ccc(N2CCOCC2)c([N+](=O)[O-])c1. The molecular weight excluding hydrogens is 400 g/mol. The molecule has 0 radical (unpaired) electrons. The molecule has 0 aliphatic carbocycles.